The van der Waals surface area contributed by atoms with Gasteiger partial charge in [0, 0.05) is 12.2 Å². The van der Waals surface area contributed by atoms with Gasteiger partial charge in [0.15, 0.2) is 0 Å². The summed E-state index contributed by atoms with van der Waals surface area (Å²) >= 11 is 0. The Balaban J connectivity index is 3.39. The third-order valence-corrected chi connectivity index (χ3v) is 1.73. The van der Waals surface area contributed by atoms with Gasteiger partial charge in [-0.05, 0) is 18.6 Å². The highest BCUT2D eigenvalue weighted by Gasteiger charge is 2.16. The van der Waals surface area contributed by atoms with E-state index in [2.05, 4.69) is 4.98 Å². The van der Waals surface area contributed by atoms with Crippen molar-refractivity contribution >= 4 is 0 Å². The van der Waals surface area contributed by atoms with E-state index >= 15 is 0 Å². The van der Waals surface area contributed by atoms with Crippen molar-refractivity contribution in [3.05, 3.63) is 33.2 Å². The Labute approximate surface area is 73.6 Å². The van der Waals surface area contributed by atoms with E-state index in [4.69, 9.17) is 5.73 Å². The van der Waals surface area contributed by atoms with E-state index in [1.807, 2.05) is 0 Å². The van der Waals surface area contributed by atoms with Gasteiger partial charge in [0.1, 0.15) is 0 Å². The smallest absolute Gasteiger partial charge is 0.269 e. The van der Waals surface area contributed by atoms with Gasteiger partial charge in [-0.25, -0.2) is 8.78 Å². The van der Waals surface area contributed by atoms with Crippen molar-refractivity contribution in [3.8, 4) is 0 Å². The van der Waals surface area contributed by atoms with Crippen molar-refractivity contribution < 1.29 is 8.78 Å². The molecule has 0 radical (unpaired) electrons. The minimum absolute atomic E-state index is 0.0512. The second-order valence-corrected chi connectivity index (χ2v) is 2.73. The molecular weight excluding hydrogens is 178 g/mol. The predicted octanol–water partition coefficient (Wildman–Crippen LogP) is 1.08. The van der Waals surface area contributed by atoms with E-state index in [1.165, 1.54) is 6.07 Å². The molecule has 72 valence electrons. The maximum Gasteiger partial charge on any atom is 0.269 e. The van der Waals surface area contributed by atoms with E-state index in [-0.39, 0.29) is 12.1 Å². The van der Waals surface area contributed by atoms with Crippen molar-refractivity contribution in [3.63, 3.8) is 0 Å². The van der Waals surface area contributed by atoms with Crippen LogP contribution in [0.3, 0.4) is 0 Å². The van der Waals surface area contributed by atoms with E-state index in [1.54, 1.807) is 6.92 Å². The molecule has 0 bridgehead atoms. The van der Waals surface area contributed by atoms with Crippen molar-refractivity contribution in [2.75, 3.05) is 0 Å². The van der Waals surface area contributed by atoms with E-state index in [0.29, 0.717) is 5.69 Å². The Morgan fingerprint density at radius 3 is 2.69 bits per heavy atom. The molecule has 0 unspecified atom stereocenters. The van der Waals surface area contributed by atoms with Crippen LogP contribution in [0.2, 0.25) is 0 Å². The normalized spacial score (nSPS) is 10.8. The molecule has 0 atom stereocenters. The van der Waals surface area contributed by atoms with Crippen molar-refractivity contribution in [2.45, 2.75) is 19.9 Å². The molecule has 0 aliphatic carbocycles. The number of H-pyrrole nitrogens is 1. The fourth-order valence-corrected chi connectivity index (χ4v) is 1.18. The van der Waals surface area contributed by atoms with Crippen LogP contribution >= 0.6 is 0 Å². The van der Waals surface area contributed by atoms with Crippen molar-refractivity contribution in [2.24, 2.45) is 5.73 Å². The zero-order valence-corrected chi connectivity index (χ0v) is 7.10. The monoisotopic (exact) mass is 188 g/mol. The molecule has 1 aromatic heterocycles. The lowest BCUT2D eigenvalue weighted by atomic mass is 10.1. The summed E-state index contributed by atoms with van der Waals surface area (Å²) in [6.07, 6.45) is -2.78. The lowest BCUT2D eigenvalue weighted by Gasteiger charge is -2.06. The average molecular weight is 188 g/mol. The van der Waals surface area contributed by atoms with Gasteiger partial charge in [0.2, 0.25) is 0 Å². The fraction of sp³-hybridized carbons (Fsp3) is 0.375. The van der Waals surface area contributed by atoms with Gasteiger partial charge in [0.25, 0.3) is 12.0 Å². The van der Waals surface area contributed by atoms with Gasteiger partial charge in [-0.3, -0.25) is 4.79 Å². The van der Waals surface area contributed by atoms with Crippen LogP contribution < -0.4 is 11.3 Å². The number of nitrogens with one attached hydrogen (secondary N) is 1. The first-order valence-electron chi connectivity index (χ1n) is 3.77. The number of rotatable bonds is 2. The quantitative estimate of drug-likeness (QED) is 0.729. The van der Waals surface area contributed by atoms with Crippen LogP contribution in [-0.4, -0.2) is 4.98 Å². The Bertz CT molecular complexity index is 360. The first-order chi connectivity index (χ1) is 6.06. The summed E-state index contributed by atoms with van der Waals surface area (Å²) in [5.74, 6) is 0. The highest BCUT2D eigenvalue weighted by Crippen LogP contribution is 2.18. The Morgan fingerprint density at radius 1 is 1.62 bits per heavy atom. The van der Waals surface area contributed by atoms with Crippen LogP contribution in [0.15, 0.2) is 10.9 Å². The molecule has 0 fully saturated rings. The average Bonchev–Trinajstić information content (AvgIpc) is 2.01. The summed E-state index contributed by atoms with van der Waals surface area (Å²) in [5, 5.41) is 0. The van der Waals surface area contributed by atoms with Crippen LogP contribution in [0.25, 0.3) is 0 Å². The Morgan fingerprint density at radius 2 is 2.23 bits per heavy atom. The Hall–Kier alpha value is -1.23. The predicted molar refractivity (Wildman–Crippen MR) is 44.6 cm³/mol. The molecule has 0 aromatic carbocycles. The second kappa shape index (κ2) is 3.66. The third kappa shape index (κ3) is 1.92. The van der Waals surface area contributed by atoms with Crippen molar-refractivity contribution in [1.29, 1.82) is 0 Å². The minimum Gasteiger partial charge on any atom is -0.326 e. The number of halogens is 2. The number of aromatic nitrogens is 1. The maximum absolute atomic E-state index is 12.3. The summed E-state index contributed by atoms with van der Waals surface area (Å²) < 4.78 is 24.7. The molecule has 13 heavy (non-hydrogen) atoms. The van der Waals surface area contributed by atoms with E-state index in [9.17, 15) is 13.6 Å². The molecule has 0 aliphatic rings. The van der Waals surface area contributed by atoms with Gasteiger partial charge < -0.3 is 10.7 Å². The number of nitrogens with two attached hydrogens (primary N) is 1. The molecule has 0 spiro atoms. The molecule has 0 saturated carbocycles. The maximum atomic E-state index is 12.3. The molecule has 0 saturated heterocycles. The number of alkyl halides is 2. The topological polar surface area (TPSA) is 58.9 Å². The first-order valence-corrected chi connectivity index (χ1v) is 3.77. The number of aryl methyl sites for hydroxylation is 1. The van der Waals surface area contributed by atoms with Crippen LogP contribution in [0.5, 0.6) is 0 Å². The fourth-order valence-electron chi connectivity index (χ4n) is 1.18. The van der Waals surface area contributed by atoms with Crippen molar-refractivity contribution in [1.82, 2.24) is 4.98 Å². The summed E-state index contributed by atoms with van der Waals surface area (Å²) in [5.41, 5.74) is 4.71. The standard InChI is InChI=1S/C8H10F2N2O/c1-4-2-5(3-11)6(7(9)10)8(13)12-4/h2,7H,3,11H2,1H3,(H,12,13). The molecule has 1 rings (SSSR count). The molecule has 1 aromatic rings. The summed E-state index contributed by atoms with van der Waals surface area (Å²) in [6, 6.07) is 1.46. The third-order valence-electron chi connectivity index (χ3n) is 1.73. The largest absolute Gasteiger partial charge is 0.326 e. The van der Waals surface area contributed by atoms with Gasteiger partial charge in [-0.2, -0.15) is 0 Å². The molecule has 1 heterocycles. The number of aromatic amines is 1. The second-order valence-electron chi connectivity index (χ2n) is 2.73. The summed E-state index contributed by atoms with van der Waals surface area (Å²) in [7, 11) is 0. The SMILES string of the molecule is Cc1cc(CN)c(C(F)F)c(=O)[nH]1. The van der Waals surface area contributed by atoms with Crippen LogP contribution in [0, 0.1) is 6.92 Å². The molecule has 0 aliphatic heterocycles. The van der Waals surface area contributed by atoms with E-state index < -0.39 is 17.5 Å². The summed E-state index contributed by atoms with van der Waals surface area (Å²) in [4.78, 5) is 13.4. The van der Waals surface area contributed by atoms with Gasteiger partial charge >= 0.3 is 0 Å². The zero-order valence-electron chi connectivity index (χ0n) is 7.10. The van der Waals surface area contributed by atoms with Crippen LogP contribution in [0.1, 0.15) is 23.2 Å². The lowest BCUT2D eigenvalue weighted by molar-refractivity contribution is 0.148. The van der Waals surface area contributed by atoms with Gasteiger partial charge in [-0.1, -0.05) is 0 Å². The molecular formula is C8H10F2N2O. The minimum atomic E-state index is -2.78. The van der Waals surface area contributed by atoms with E-state index in [0.717, 1.165) is 0 Å². The highest BCUT2D eigenvalue weighted by atomic mass is 19.3. The molecule has 3 nitrogen and oxygen atoms in total. The van der Waals surface area contributed by atoms with Gasteiger partial charge in [0.05, 0.1) is 5.56 Å². The Kier molecular flexibility index (Phi) is 2.77. The first kappa shape index (κ1) is 9.85. The number of hydrogen-bond acceptors (Lipinski definition) is 2. The molecule has 3 N–H and O–H groups in total. The lowest BCUT2D eigenvalue weighted by Crippen LogP contribution is -2.18. The zero-order chi connectivity index (χ0) is 10.0. The van der Waals surface area contributed by atoms with Crippen LogP contribution in [0.4, 0.5) is 8.78 Å². The number of hydrogen-bond donors (Lipinski definition) is 2. The molecule has 5 heteroatoms. The molecule has 0 amide bonds. The highest BCUT2D eigenvalue weighted by molar-refractivity contribution is 5.27. The van der Waals surface area contributed by atoms with Crippen LogP contribution in [-0.2, 0) is 6.54 Å². The van der Waals surface area contributed by atoms with Gasteiger partial charge in [-0.15, -0.1) is 0 Å². The number of pyridine rings is 1. The summed E-state index contributed by atoms with van der Waals surface area (Å²) in [6.45, 7) is 1.57.